The van der Waals surface area contributed by atoms with Crippen LogP contribution in [-0.2, 0) is 17.7 Å². The molecule has 0 unspecified atom stereocenters. The molecule has 1 rings (SSSR count). The molecule has 0 aromatic carbocycles. The zero-order chi connectivity index (χ0) is 21.6. The van der Waals surface area contributed by atoms with Gasteiger partial charge in [-0.1, -0.05) is 13.8 Å². The van der Waals surface area contributed by atoms with Gasteiger partial charge < -0.3 is 17.7 Å². The standard InChI is InChI=1S/C21H48N2O4Si2/c1-7-24-28(11-5,25-8-2)19-13-15-22-17-18-23(21-22)16-14-20-29(12-6,26-9-3)27-10-4/h7-21H2,1-6H3. The second-order valence-corrected chi connectivity index (χ2v) is 15.1. The maximum atomic E-state index is 6.11. The number of hydrogen-bond acceptors (Lipinski definition) is 6. The van der Waals surface area contributed by atoms with Crippen LogP contribution < -0.4 is 0 Å². The van der Waals surface area contributed by atoms with Crippen molar-refractivity contribution in [3.8, 4) is 0 Å². The van der Waals surface area contributed by atoms with E-state index in [1.807, 2.05) is 0 Å². The first-order valence-electron chi connectivity index (χ1n) is 12.0. The molecule has 8 heteroatoms. The summed E-state index contributed by atoms with van der Waals surface area (Å²) in [6, 6.07) is 4.30. The molecule has 0 atom stereocenters. The van der Waals surface area contributed by atoms with E-state index in [-0.39, 0.29) is 0 Å². The molecular formula is C21H48N2O4Si2. The van der Waals surface area contributed by atoms with E-state index in [1.54, 1.807) is 0 Å². The van der Waals surface area contributed by atoms with Crippen molar-refractivity contribution in [3.63, 3.8) is 0 Å². The Labute approximate surface area is 182 Å². The summed E-state index contributed by atoms with van der Waals surface area (Å²) in [4.78, 5) is 5.17. The summed E-state index contributed by atoms with van der Waals surface area (Å²) in [7, 11) is -3.97. The SMILES string of the molecule is CCO[Si](CC)(CCCN1CCN(CCC[Si](CC)(OCC)OCC)C1)OCC. The third kappa shape index (κ3) is 9.47. The van der Waals surface area contributed by atoms with E-state index in [1.165, 1.54) is 25.9 Å². The van der Waals surface area contributed by atoms with Crippen LogP contribution in [-0.4, -0.2) is 86.2 Å². The highest BCUT2D eigenvalue weighted by Crippen LogP contribution is 2.23. The van der Waals surface area contributed by atoms with Crippen molar-refractivity contribution in [2.24, 2.45) is 0 Å². The average Bonchev–Trinajstić information content (AvgIpc) is 3.16. The van der Waals surface area contributed by atoms with Crippen molar-refractivity contribution in [2.75, 3.05) is 59.3 Å². The van der Waals surface area contributed by atoms with Gasteiger partial charge in [0, 0.05) is 39.5 Å². The second kappa shape index (κ2) is 15.1. The van der Waals surface area contributed by atoms with Crippen LogP contribution >= 0.6 is 0 Å². The van der Waals surface area contributed by atoms with Gasteiger partial charge in [-0.05, 0) is 77.8 Å². The molecule has 0 saturated carbocycles. The Morgan fingerprint density at radius 1 is 0.586 bits per heavy atom. The summed E-state index contributed by atoms with van der Waals surface area (Å²) in [5.41, 5.74) is 0. The monoisotopic (exact) mass is 448 g/mol. The zero-order valence-electron chi connectivity index (χ0n) is 20.1. The Kier molecular flexibility index (Phi) is 14.2. The predicted molar refractivity (Wildman–Crippen MR) is 126 cm³/mol. The maximum Gasteiger partial charge on any atom is 0.337 e. The van der Waals surface area contributed by atoms with Crippen molar-refractivity contribution >= 4 is 17.1 Å². The normalized spacial score (nSPS) is 16.8. The molecule has 0 spiro atoms. The van der Waals surface area contributed by atoms with Crippen LogP contribution in [0.2, 0.25) is 24.2 Å². The van der Waals surface area contributed by atoms with E-state index >= 15 is 0 Å². The molecule has 0 aromatic rings. The highest BCUT2D eigenvalue weighted by atomic mass is 28.4. The summed E-state index contributed by atoms with van der Waals surface area (Å²) < 4.78 is 24.4. The van der Waals surface area contributed by atoms with Gasteiger partial charge in [0.2, 0.25) is 0 Å². The molecule has 0 amide bonds. The lowest BCUT2D eigenvalue weighted by Crippen LogP contribution is -2.42. The quantitative estimate of drug-likeness (QED) is 0.289. The summed E-state index contributed by atoms with van der Waals surface area (Å²) in [6.45, 7) is 21.6. The molecule has 1 heterocycles. The van der Waals surface area contributed by atoms with E-state index in [0.29, 0.717) is 0 Å². The van der Waals surface area contributed by atoms with E-state index < -0.39 is 17.1 Å². The molecule has 0 N–H and O–H groups in total. The second-order valence-electron chi connectivity index (χ2n) is 7.85. The van der Waals surface area contributed by atoms with Gasteiger partial charge in [-0.25, -0.2) is 0 Å². The number of nitrogens with zero attached hydrogens (tertiary/aromatic N) is 2. The van der Waals surface area contributed by atoms with Crippen molar-refractivity contribution in [1.29, 1.82) is 0 Å². The van der Waals surface area contributed by atoms with Crippen LogP contribution in [0.15, 0.2) is 0 Å². The lowest BCUT2D eigenvalue weighted by Gasteiger charge is -2.30. The van der Waals surface area contributed by atoms with Gasteiger partial charge in [0.15, 0.2) is 0 Å². The van der Waals surface area contributed by atoms with Crippen molar-refractivity contribution < 1.29 is 17.7 Å². The largest absolute Gasteiger partial charge is 0.394 e. The van der Waals surface area contributed by atoms with Crippen LogP contribution in [0.25, 0.3) is 0 Å². The lowest BCUT2D eigenvalue weighted by molar-refractivity contribution is 0.178. The molecule has 1 fully saturated rings. The summed E-state index contributed by atoms with van der Waals surface area (Å²) in [5.74, 6) is 0. The van der Waals surface area contributed by atoms with Crippen molar-refractivity contribution in [2.45, 2.75) is 78.6 Å². The zero-order valence-corrected chi connectivity index (χ0v) is 22.1. The fourth-order valence-corrected chi connectivity index (χ4v) is 10.2. The molecule has 0 radical (unpaired) electrons. The van der Waals surface area contributed by atoms with Gasteiger partial charge in [-0.15, -0.1) is 0 Å². The topological polar surface area (TPSA) is 43.4 Å². The molecule has 1 aliphatic rings. The Bertz CT molecular complexity index is 370. The van der Waals surface area contributed by atoms with E-state index in [0.717, 1.165) is 70.4 Å². The van der Waals surface area contributed by atoms with Gasteiger partial charge in [0.05, 0.1) is 6.67 Å². The molecule has 0 bridgehead atoms. The van der Waals surface area contributed by atoms with Crippen LogP contribution in [0.5, 0.6) is 0 Å². The minimum atomic E-state index is -1.98. The van der Waals surface area contributed by atoms with Gasteiger partial charge >= 0.3 is 17.1 Å². The average molecular weight is 449 g/mol. The van der Waals surface area contributed by atoms with Gasteiger partial charge in [-0.3, -0.25) is 9.80 Å². The fourth-order valence-electron chi connectivity index (χ4n) is 4.40. The first-order valence-corrected chi connectivity index (χ1v) is 16.5. The number of rotatable bonds is 18. The van der Waals surface area contributed by atoms with Gasteiger partial charge in [0.25, 0.3) is 0 Å². The Morgan fingerprint density at radius 3 is 1.21 bits per heavy atom. The highest BCUT2D eigenvalue weighted by molar-refractivity contribution is 6.67. The summed E-state index contributed by atoms with van der Waals surface area (Å²) in [5, 5.41) is 0. The van der Waals surface area contributed by atoms with Crippen LogP contribution in [0.4, 0.5) is 0 Å². The maximum absolute atomic E-state index is 6.11. The molecule has 0 aromatic heterocycles. The Balaban J connectivity index is 2.35. The predicted octanol–water partition coefficient (Wildman–Crippen LogP) is 4.41. The smallest absolute Gasteiger partial charge is 0.337 e. The summed E-state index contributed by atoms with van der Waals surface area (Å²) in [6.07, 6.45) is 2.35. The van der Waals surface area contributed by atoms with Crippen LogP contribution in [0, 0.1) is 0 Å². The summed E-state index contributed by atoms with van der Waals surface area (Å²) >= 11 is 0. The first kappa shape index (κ1) is 27.2. The van der Waals surface area contributed by atoms with Gasteiger partial charge in [-0.2, -0.15) is 0 Å². The first-order chi connectivity index (χ1) is 14.0. The molecule has 0 aliphatic carbocycles. The molecule has 29 heavy (non-hydrogen) atoms. The minimum absolute atomic E-state index is 0.767. The van der Waals surface area contributed by atoms with E-state index in [9.17, 15) is 0 Å². The van der Waals surface area contributed by atoms with E-state index in [2.05, 4.69) is 51.3 Å². The van der Waals surface area contributed by atoms with Crippen LogP contribution in [0.3, 0.4) is 0 Å². The van der Waals surface area contributed by atoms with E-state index in [4.69, 9.17) is 17.7 Å². The van der Waals surface area contributed by atoms with Crippen molar-refractivity contribution in [1.82, 2.24) is 9.80 Å². The molecular weight excluding hydrogens is 400 g/mol. The highest BCUT2D eigenvalue weighted by Gasteiger charge is 2.36. The lowest BCUT2D eigenvalue weighted by atomic mass is 10.4. The molecule has 174 valence electrons. The van der Waals surface area contributed by atoms with Crippen LogP contribution in [0.1, 0.15) is 54.4 Å². The molecule has 1 aliphatic heterocycles. The third-order valence-electron chi connectivity index (χ3n) is 5.90. The minimum Gasteiger partial charge on any atom is -0.394 e. The number of hydrogen-bond donors (Lipinski definition) is 0. The van der Waals surface area contributed by atoms with Gasteiger partial charge in [0.1, 0.15) is 0 Å². The third-order valence-corrected chi connectivity index (χ3v) is 13.5. The molecule has 6 nitrogen and oxygen atoms in total. The molecule has 1 saturated heterocycles. The fraction of sp³-hybridized carbons (Fsp3) is 1.00. The van der Waals surface area contributed by atoms with Crippen molar-refractivity contribution in [3.05, 3.63) is 0 Å². The Hall–Kier alpha value is 0.194. The Morgan fingerprint density at radius 2 is 0.931 bits per heavy atom.